The normalized spacial score (nSPS) is 20.5. The number of anilines is 1. The minimum atomic E-state index is 0.0451. The van der Waals surface area contributed by atoms with Gasteiger partial charge in [-0.15, -0.1) is 0 Å². The van der Waals surface area contributed by atoms with Crippen molar-refractivity contribution in [1.82, 2.24) is 9.88 Å². The van der Waals surface area contributed by atoms with Gasteiger partial charge in [0.25, 0.3) is 5.91 Å². The van der Waals surface area contributed by atoms with E-state index in [2.05, 4.69) is 11.9 Å². The highest BCUT2D eigenvalue weighted by molar-refractivity contribution is 5.92. The Bertz CT molecular complexity index is 402. The van der Waals surface area contributed by atoms with Gasteiger partial charge in [-0.1, -0.05) is 19.8 Å². The van der Waals surface area contributed by atoms with Gasteiger partial charge in [-0.25, -0.2) is 4.98 Å². The fourth-order valence-electron chi connectivity index (χ4n) is 2.55. The van der Waals surface area contributed by atoms with Crippen molar-refractivity contribution < 1.29 is 4.79 Å². The highest BCUT2D eigenvalue weighted by Gasteiger charge is 2.25. The van der Waals surface area contributed by atoms with E-state index in [4.69, 9.17) is 5.73 Å². The molecule has 0 aliphatic carbocycles. The predicted molar refractivity (Wildman–Crippen MR) is 72.2 cm³/mol. The molecule has 1 aromatic rings. The number of carbonyl (C=O) groups excluding carboxylic acids is 1. The Morgan fingerprint density at radius 1 is 1.44 bits per heavy atom. The van der Waals surface area contributed by atoms with E-state index in [0.717, 1.165) is 25.8 Å². The summed E-state index contributed by atoms with van der Waals surface area (Å²) >= 11 is 0. The molecule has 1 saturated heterocycles. The maximum atomic E-state index is 12.5. The Morgan fingerprint density at radius 2 is 2.28 bits per heavy atom. The van der Waals surface area contributed by atoms with Gasteiger partial charge in [-0.05, 0) is 31.4 Å². The monoisotopic (exact) mass is 247 g/mol. The molecule has 1 unspecified atom stereocenters. The van der Waals surface area contributed by atoms with Crippen LogP contribution < -0.4 is 5.73 Å². The summed E-state index contributed by atoms with van der Waals surface area (Å²) < 4.78 is 0. The summed E-state index contributed by atoms with van der Waals surface area (Å²) in [7, 11) is 0. The van der Waals surface area contributed by atoms with Crippen LogP contribution in [0.1, 0.15) is 49.5 Å². The van der Waals surface area contributed by atoms with Crippen LogP contribution in [0.2, 0.25) is 0 Å². The molecule has 0 spiro atoms. The van der Waals surface area contributed by atoms with Crippen molar-refractivity contribution in [3.63, 3.8) is 0 Å². The highest BCUT2D eigenvalue weighted by atomic mass is 16.2. The van der Waals surface area contributed by atoms with Crippen LogP contribution in [0, 0.1) is 0 Å². The Balaban J connectivity index is 2.17. The number of carbonyl (C=O) groups is 1. The van der Waals surface area contributed by atoms with E-state index in [0.29, 0.717) is 17.4 Å². The summed E-state index contributed by atoms with van der Waals surface area (Å²) in [4.78, 5) is 18.6. The Labute approximate surface area is 108 Å². The first kappa shape index (κ1) is 12.9. The molecular weight excluding hydrogens is 226 g/mol. The molecule has 1 aromatic heterocycles. The van der Waals surface area contributed by atoms with Gasteiger partial charge in [0.2, 0.25) is 0 Å². The van der Waals surface area contributed by atoms with Gasteiger partial charge in [0.1, 0.15) is 5.69 Å². The number of nitrogens with two attached hydrogens (primary N) is 1. The highest BCUT2D eigenvalue weighted by Crippen LogP contribution is 2.21. The van der Waals surface area contributed by atoms with Crippen LogP contribution in [-0.2, 0) is 0 Å². The SMILES string of the molecule is CCC1CCCCCN1C(=O)c1ccc(N)cn1. The Morgan fingerprint density at radius 3 is 2.94 bits per heavy atom. The quantitative estimate of drug-likeness (QED) is 0.873. The zero-order valence-corrected chi connectivity index (χ0v) is 10.9. The fraction of sp³-hybridized carbons (Fsp3) is 0.571. The summed E-state index contributed by atoms with van der Waals surface area (Å²) in [5.74, 6) is 0.0451. The molecular formula is C14H21N3O. The van der Waals surface area contributed by atoms with Crippen molar-refractivity contribution >= 4 is 11.6 Å². The molecule has 1 aliphatic heterocycles. The predicted octanol–water partition coefficient (Wildman–Crippen LogP) is 2.46. The zero-order chi connectivity index (χ0) is 13.0. The molecule has 0 saturated carbocycles. The van der Waals surface area contributed by atoms with Crippen LogP contribution in [-0.4, -0.2) is 28.4 Å². The lowest BCUT2D eigenvalue weighted by Crippen LogP contribution is -2.40. The molecule has 4 nitrogen and oxygen atoms in total. The average Bonchev–Trinajstić information content (AvgIpc) is 2.63. The maximum absolute atomic E-state index is 12.5. The molecule has 1 fully saturated rings. The fourth-order valence-corrected chi connectivity index (χ4v) is 2.55. The summed E-state index contributed by atoms with van der Waals surface area (Å²) in [5, 5.41) is 0. The van der Waals surface area contributed by atoms with Crippen molar-refractivity contribution in [1.29, 1.82) is 0 Å². The third kappa shape index (κ3) is 2.81. The van der Waals surface area contributed by atoms with E-state index in [9.17, 15) is 4.79 Å². The maximum Gasteiger partial charge on any atom is 0.272 e. The lowest BCUT2D eigenvalue weighted by Gasteiger charge is -2.29. The summed E-state index contributed by atoms with van der Waals surface area (Å²) in [6.45, 7) is 3.00. The van der Waals surface area contributed by atoms with Crippen molar-refractivity contribution in [3.05, 3.63) is 24.0 Å². The third-order valence-electron chi connectivity index (χ3n) is 3.61. The van der Waals surface area contributed by atoms with E-state index in [-0.39, 0.29) is 5.91 Å². The molecule has 1 amide bonds. The molecule has 2 N–H and O–H groups in total. The summed E-state index contributed by atoms with van der Waals surface area (Å²) in [6.07, 6.45) is 7.20. The van der Waals surface area contributed by atoms with Crippen LogP contribution in [0.15, 0.2) is 18.3 Å². The number of hydrogen-bond acceptors (Lipinski definition) is 3. The van der Waals surface area contributed by atoms with Gasteiger partial charge in [0.15, 0.2) is 0 Å². The average molecular weight is 247 g/mol. The first-order valence-electron chi connectivity index (χ1n) is 6.75. The van der Waals surface area contributed by atoms with E-state index < -0.39 is 0 Å². The number of nitrogen functional groups attached to an aromatic ring is 1. The number of likely N-dealkylation sites (tertiary alicyclic amines) is 1. The van der Waals surface area contributed by atoms with E-state index in [1.165, 1.54) is 12.8 Å². The second-order valence-electron chi connectivity index (χ2n) is 4.89. The van der Waals surface area contributed by atoms with E-state index >= 15 is 0 Å². The summed E-state index contributed by atoms with van der Waals surface area (Å²) in [5.41, 5.74) is 6.69. The van der Waals surface area contributed by atoms with Crippen molar-refractivity contribution in [2.24, 2.45) is 0 Å². The largest absolute Gasteiger partial charge is 0.397 e. The number of aromatic nitrogens is 1. The molecule has 2 rings (SSSR count). The van der Waals surface area contributed by atoms with Crippen LogP contribution in [0.5, 0.6) is 0 Å². The van der Waals surface area contributed by atoms with Gasteiger partial charge in [0, 0.05) is 12.6 Å². The van der Waals surface area contributed by atoms with Gasteiger partial charge in [-0.3, -0.25) is 4.79 Å². The van der Waals surface area contributed by atoms with Crippen LogP contribution in [0.25, 0.3) is 0 Å². The molecule has 0 aromatic carbocycles. The Kier molecular flexibility index (Phi) is 4.18. The van der Waals surface area contributed by atoms with Gasteiger partial charge >= 0.3 is 0 Å². The van der Waals surface area contributed by atoms with Crippen LogP contribution >= 0.6 is 0 Å². The molecule has 2 heterocycles. The van der Waals surface area contributed by atoms with Gasteiger partial charge in [-0.2, -0.15) is 0 Å². The van der Waals surface area contributed by atoms with Gasteiger partial charge in [0.05, 0.1) is 11.9 Å². The summed E-state index contributed by atoms with van der Waals surface area (Å²) in [6, 6.07) is 3.81. The Hall–Kier alpha value is -1.58. The number of amides is 1. The number of nitrogens with zero attached hydrogens (tertiary/aromatic N) is 2. The van der Waals surface area contributed by atoms with E-state index in [1.807, 2.05) is 4.90 Å². The number of pyridine rings is 1. The van der Waals surface area contributed by atoms with Crippen LogP contribution in [0.4, 0.5) is 5.69 Å². The number of rotatable bonds is 2. The number of hydrogen-bond donors (Lipinski definition) is 1. The lowest BCUT2D eigenvalue weighted by molar-refractivity contribution is 0.0672. The molecule has 1 aliphatic rings. The van der Waals surface area contributed by atoms with Crippen molar-refractivity contribution in [2.45, 2.75) is 45.1 Å². The molecule has 0 bridgehead atoms. The topological polar surface area (TPSA) is 59.2 Å². The lowest BCUT2D eigenvalue weighted by atomic mass is 10.1. The van der Waals surface area contributed by atoms with Gasteiger partial charge < -0.3 is 10.6 Å². The minimum absolute atomic E-state index is 0.0451. The molecule has 1 atom stereocenters. The second-order valence-corrected chi connectivity index (χ2v) is 4.89. The first-order valence-corrected chi connectivity index (χ1v) is 6.75. The third-order valence-corrected chi connectivity index (χ3v) is 3.61. The van der Waals surface area contributed by atoms with E-state index in [1.54, 1.807) is 18.3 Å². The second kappa shape index (κ2) is 5.85. The minimum Gasteiger partial charge on any atom is -0.397 e. The van der Waals surface area contributed by atoms with Crippen molar-refractivity contribution in [3.8, 4) is 0 Å². The smallest absolute Gasteiger partial charge is 0.272 e. The standard InChI is InChI=1S/C14H21N3O/c1-2-12-6-4-3-5-9-17(12)14(18)13-8-7-11(15)10-16-13/h7-8,10,12H,2-6,9,15H2,1H3. The first-order chi connectivity index (χ1) is 8.72. The molecule has 0 radical (unpaired) electrons. The van der Waals surface area contributed by atoms with Crippen molar-refractivity contribution in [2.75, 3.05) is 12.3 Å². The molecule has 18 heavy (non-hydrogen) atoms. The molecule has 98 valence electrons. The zero-order valence-electron chi connectivity index (χ0n) is 10.9. The molecule has 4 heteroatoms. The van der Waals surface area contributed by atoms with Crippen LogP contribution in [0.3, 0.4) is 0 Å².